The van der Waals surface area contributed by atoms with Crippen LogP contribution in [0.1, 0.15) is 18.9 Å². The summed E-state index contributed by atoms with van der Waals surface area (Å²) in [4.78, 5) is 23.2. The molecule has 2 aromatic carbocycles. The number of methoxy groups -OCH3 is 5. The highest BCUT2D eigenvalue weighted by Crippen LogP contribution is 2.40. The second-order valence-electron chi connectivity index (χ2n) is 9.74. The van der Waals surface area contributed by atoms with Gasteiger partial charge in [-0.3, -0.25) is 10.1 Å². The molecule has 0 fully saturated rings. The number of oxime groups is 1. The molecule has 0 spiro atoms. The van der Waals surface area contributed by atoms with Gasteiger partial charge in [0.15, 0.2) is 22.7 Å². The Morgan fingerprint density at radius 2 is 1.82 bits per heavy atom. The molecule has 13 heteroatoms. The number of hydrogen-bond acceptors (Lipinski definition) is 12. The Balaban J connectivity index is 1.27. The first-order chi connectivity index (χ1) is 21.4. The van der Waals surface area contributed by atoms with E-state index in [1.807, 2.05) is 49.4 Å². The summed E-state index contributed by atoms with van der Waals surface area (Å²) in [5.41, 5.74) is 3.05. The average molecular weight is 626 g/mol. The predicted octanol–water partition coefficient (Wildman–Crippen LogP) is 4.72. The molecule has 0 saturated heterocycles. The fourth-order valence-corrected chi connectivity index (χ4v) is 5.90. The standard InChI is InChI=1S/C31H35N3O9S/c1-7-41-20-8-9-21-26(15-20)44-30(32-21)33-28(35)17-42-27-14-18(10-11-31(27,39-5)40-6)23-16-22(34-43-23)19-12-24(36-2)29(38-4)25(13-19)37-3/h8-15,23,27H,7,16-17H2,1-6H3,(H,32,33,35). The number of hydrogen-bond donors (Lipinski definition) is 1. The van der Waals surface area contributed by atoms with Crippen molar-refractivity contribution in [1.29, 1.82) is 0 Å². The van der Waals surface area contributed by atoms with Crippen molar-refractivity contribution >= 4 is 38.3 Å². The van der Waals surface area contributed by atoms with Crippen LogP contribution in [0.25, 0.3) is 10.2 Å². The van der Waals surface area contributed by atoms with E-state index in [2.05, 4.69) is 15.5 Å². The molecule has 2 heterocycles. The number of rotatable bonds is 13. The molecule has 3 aromatic rings. The third-order valence-electron chi connectivity index (χ3n) is 7.24. The topological polar surface area (TPSA) is 128 Å². The van der Waals surface area contributed by atoms with Crippen LogP contribution in [0, 0.1) is 0 Å². The van der Waals surface area contributed by atoms with Gasteiger partial charge in [0.25, 0.3) is 5.91 Å². The molecule has 12 nitrogen and oxygen atoms in total. The lowest BCUT2D eigenvalue weighted by Gasteiger charge is -2.36. The molecule has 1 aromatic heterocycles. The van der Waals surface area contributed by atoms with E-state index in [4.69, 9.17) is 38.0 Å². The number of carbonyl (C=O) groups is 1. The normalized spacial score (nSPS) is 18.8. The second kappa shape index (κ2) is 13.6. The van der Waals surface area contributed by atoms with Crippen LogP contribution in [-0.4, -0.2) is 83.4 Å². The summed E-state index contributed by atoms with van der Waals surface area (Å²) in [6.07, 6.45) is 4.72. The molecule has 1 aliphatic carbocycles. The van der Waals surface area contributed by atoms with Crippen molar-refractivity contribution in [2.45, 2.75) is 31.3 Å². The van der Waals surface area contributed by atoms with Gasteiger partial charge in [0.1, 0.15) is 18.5 Å². The number of amides is 1. The van der Waals surface area contributed by atoms with Gasteiger partial charge in [0.2, 0.25) is 11.5 Å². The minimum atomic E-state index is -1.24. The molecule has 0 saturated carbocycles. The predicted molar refractivity (Wildman–Crippen MR) is 165 cm³/mol. The van der Waals surface area contributed by atoms with Crippen LogP contribution in [-0.2, 0) is 23.8 Å². The number of anilines is 1. The van der Waals surface area contributed by atoms with Crippen LogP contribution in [0.3, 0.4) is 0 Å². The first kappa shape index (κ1) is 31.3. The van der Waals surface area contributed by atoms with Crippen molar-refractivity contribution in [3.63, 3.8) is 0 Å². The number of benzene rings is 2. The van der Waals surface area contributed by atoms with Crippen molar-refractivity contribution in [3.8, 4) is 23.0 Å². The zero-order chi connectivity index (χ0) is 31.3. The van der Waals surface area contributed by atoms with E-state index in [9.17, 15) is 4.79 Å². The molecule has 5 rings (SSSR count). The zero-order valence-corrected chi connectivity index (χ0v) is 26.2. The molecule has 0 bridgehead atoms. The van der Waals surface area contributed by atoms with Crippen LogP contribution in [0.5, 0.6) is 23.0 Å². The molecule has 1 aliphatic heterocycles. The van der Waals surface area contributed by atoms with Crippen molar-refractivity contribution in [1.82, 2.24) is 4.98 Å². The van der Waals surface area contributed by atoms with E-state index < -0.39 is 18.0 Å². The molecule has 2 atom stereocenters. The first-order valence-electron chi connectivity index (χ1n) is 13.9. The van der Waals surface area contributed by atoms with E-state index in [1.165, 1.54) is 25.6 Å². The Bertz CT molecular complexity index is 1570. The minimum Gasteiger partial charge on any atom is -0.494 e. The van der Waals surface area contributed by atoms with E-state index in [1.54, 1.807) is 27.4 Å². The minimum absolute atomic E-state index is 0.268. The highest BCUT2D eigenvalue weighted by atomic mass is 32.1. The van der Waals surface area contributed by atoms with Gasteiger partial charge in [-0.05, 0) is 55.0 Å². The largest absolute Gasteiger partial charge is 0.494 e. The van der Waals surface area contributed by atoms with Gasteiger partial charge in [0.05, 0.1) is 43.9 Å². The third-order valence-corrected chi connectivity index (χ3v) is 8.17. The Hall–Kier alpha value is -4.17. The second-order valence-corrected chi connectivity index (χ2v) is 10.8. The molecule has 44 heavy (non-hydrogen) atoms. The summed E-state index contributed by atoms with van der Waals surface area (Å²) in [6, 6.07) is 9.26. The maximum Gasteiger partial charge on any atom is 0.252 e. The summed E-state index contributed by atoms with van der Waals surface area (Å²) >= 11 is 1.35. The number of nitrogens with one attached hydrogen (secondary N) is 1. The molecular formula is C31H35N3O9S. The maximum absolute atomic E-state index is 12.9. The van der Waals surface area contributed by atoms with Crippen molar-refractivity contribution in [3.05, 3.63) is 59.7 Å². The Labute approximate surface area is 259 Å². The van der Waals surface area contributed by atoms with E-state index in [0.717, 1.165) is 27.1 Å². The zero-order valence-electron chi connectivity index (χ0n) is 25.4. The average Bonchev–Trinajstić information content (AvgIpc) is 3.70. The molecule has 0 radical (unpaired) electrons. The lowest BCUT2D eigenvalue weighted by molar-refractivity contribution is -0.225. The maximum atomic E-state index is 12.9. The SMILES string of the molecule is CCOc1ccc2nc(NC(=O)COC3C=C(C4CC(c5cc(OC)c(OC)c(OC)c5)=NO4)C=CC3(OC)OC)sc2c1. The first-order valence-corrected chi connectivity index (χ1v) is 14.7. The van der Waals surface area contributed by atoms with Crippen molar-refractivity contribution < 1.29 is 42.8 Å². The number of thiazole rings is 1. The Kier molecular flexibility index (Phi) is 9.69. The summed E-state index contributed by atoms with van der Waals surface area (Å²) in [5, 5.41) is 7.61. The fraction of sp³-hybridized carbons (Fsp3) is 0.387. The summed E-state index contributed by atoms with van der Waals surface area (Å²) in [5.74, 6) is 0.663. The smallest absolute Gasteiger partial charge is 0.252 e. The number of fused-ring (bicyclic) bond motifs is 1. The summed E-state index contributed by atoms with van der Waals surface area (Å²) in [6.45, 7) is 2.22. The lowest BCUT2D eigenvalue weighted by atomic mass is 9.92. The lowest BCUT2D eigenvalue weighted by Crippen LogP contribution is -2.47. The highest BCUT2D eigenvalue weighted by Gasteiger charge is 2.41. The van der Waals surface area contributed by atoms with Gasteiger partial charge < -0.3 is 38.0 Å². The molecule has 234 valence electrons. The molecule has 1 N–H and O–H groups in total. The van der Waals surface area contributed by atoms with Gasteiger partial charge >= 0.3 is 0 Å². The van der Waals surface area contributed by atoms with E-state index in [-0.39, 0.29) is 12.5 Å². The van der Waals surface area contributed by atoms with E-state index in [0.29, 0.717) is 41.1 Å². The molecule has 2 unspecified atom stereocenters. The van der Waals surface area contributed by atoms with Crippen LogP contribution in [0.15, 0.2) is 59.3 Å². The summed E-state index contributed by atoms with van der Waals surface area (Å²) < 4.78 is 40.3. The van der Waals surface area contributed by atoms with Crippen molar-refractivity contribution in [2.75, 3.05) is 54.1 Å². The monoisotopic (exact) mass is 625 g/mol. The number of ether oxygens (including phenoxy) is 7. The van der Waals surface area contributed by atoms with E-state index >= 15 is 0 Å². The molecule has 2 aliphatic rings. The number of nitrogens with zero attached hydrogens (tertiary/aromatic N) is 2. The van der Waals surface area contributed by atoms with Crippen LogP contribution in [0.2, 0.25) is 0 Å². The molecule has 1 amide bonds. The van der Waals surface area contributed by atoms with Gasteiger partial charge in [-0.2, -0.15) is 0 Å². The van der Waals surface area contributed by atoms with Crippen molar-refractivity contribution in [2.24, 2.45) is 5.16 Å². The third kappa shape index (κ3) is 6.36. The van der Waals surface area contributed by atoms with Gasteiger partial charge in [0, 0.05) is 26.2 Å². The van der Waals surface area contributed by atoms with Crippen LogP contribution in [0.4, 0.5) is 5.13 Å². The molecular weight excluding hydrogens is 590 g/mol. The highest BCUT2D eigenvalue weighted by molar-refractivity contribution is 7.22. The van der Waals surface area contributed by atoms with Gasteiger partial charge in [-0.1, -0.05) is 22.6 Å². The van der Waals surface area contributed by atoms with Gasteiger partial charge in [-0.15, -0.1) is 0 Å². The Morgan fingerprint density at radius 1 is 1.07 bits per heavy atom. The quantitative estimate of drug-likeness (QED) is 0.267. The number of carbonyl (C=O) groups excluding carboxylic acids is 1. The summed E-state index contributed by atoms with van der Waals surface area (Å²) in [7, 11) is 7.70. The van der Waals surface area contributed by atoms with Crippen LogP contribution >= 0.6 is 11.3 Å². The fourth-order valence-electron chi connectivity index (χ4n) is 4.99. The Morgan fingerprint density at radius 3 is 2.48 bits per heavy atom. The number of aromatic nitrogens is 1. The van der Waals surface area contributed by atoms with Crippen LogP contribution < -0.4 is 24.3 Å². The van der Waals surface area contributed by atoms with Gasteiger partial charge in [-0.25, -0.2) is 4.98 Å².